The molecule has 0 fully saturated rings. The number of aromatic nitrogens is 1. The normalized spacial score (nSPS) is 16.1. The zero-order chi connectivity index (χ0) is 16.7. The van der Waals surface area contributed by atoms with Gasteiger partial charge in [-0.3, -0.25) is 9.59 Å². The first-order chi connectivity index (χ1) is 11.6. The molecular weight excluding hydrogens is 328 g/mol. The van der Waals surface area contributed by atoms with Crippen LogP contribution in [0.3, 0.4) is 0 Å². The number of anilines is 1. The summed E-state index contributed by atoms with van der Waals surface area (Å²) in [5.41, 5.74) is 1.46. The maximum Gasteiger partial charge on any atom is 0.307 e. The number of aryl methyl sites for hydroxylation is 1. The number of nitrogens with zero attached hydrogens (tertiary/aromatic N) is 1. The molecule has 1 aliphatic heterocycles. The second-order valence-electron chi connectivity index (χ2n) is 5.46. The molecule has 0 radical (unpaired) electrons. The van der Waals surface area contributed by atoms with Crippen molar-refractivity contribution in [2.75, 3.05) is 11.9 Å². The average molecular weight is 342 g/mol. The molecule has 0 aliphatic carbocycles. The Morgan fingerprint density at radius 1 is 1.25 bits per heavy atom. The van der Waals surface area contributed by atoms with E-state index in [9.17, 15) is 9.59 Å². The average Bonchev–Trinajstić information content (AvgIpc) is 2.88. The number of para-hydroxylation sites is 2. The zero-order valence-electron chi connectivity index (χ0n) is 12.8. The highest BCUT2D eigenvalue weighted by Crippen LogP contribution is 2.31. The lowest BCUT2D eigenvalue weighted by Gasteiger charge is -2.25. The summed E-state index contributed by atoms with van der Waals surface area (Å²) in [6, 6.07) is 12.6. The van der Waals surface area contributed by atoms with Gasteiger partial charge in [0.1, 0.15) is 6.61 Å². The highest BCUT2D eigenvalue weighted by molar-refractivity contribution is 7.16. The Kier molecular flexibility index (Phi) is 3.50. The van der Waals surface area contributed by atoms with Crippen LogP contribution in [0.1, 0.15) is 0 Å². The fourth-order valence-corrected chi connectivity index (χ4v) is 3.50. The first kappa shape index (κ1) is 14.8. The van der Waals surface area contributed by atoms with Crippen LogP contribution in [0.5, 0.6) is 11.5 Å². The van der Waals surface area contributed by atoms with E-state index in [1.807, 2.05) is 18.2 Å². The minimum Gasteiger partial charge on any atom is -0.485 e. The van der Waals surface area contributed by atoms with E-state index in [0.29, 0.717) is 17.2 Å². The standard InChI is InChI=1S/C17H14N2O4S/c1-19-11-7-6-10(8-15(11)24-17(19)21)18-16(20)14-9-22-12-4-2-3-5-13(12)23-14/h2-8,14H,9H2,1H3,(H,18,20). The number of amides is 1. The van der Waals surface area contributed by atoms with Crippen molar-refractivity contribution in [1.82, 2.24) is 4.57 Å². The second-order valence-corrected chi connectivity index (χ2v) is 6.46. The molecule has 1 aliphatic rings. The van der Waals surface area contributed by atoms with Crippen LogP contribution >= 0.6 is 11.3 Å². The molecule has 1 unspecified atom stereocenters. The van der Waals surface area contributed by atoms with Crippen molar-refractivity contribution in [1.29, 1.82) is 0 Å². The molecule has 2 aromatic carbocycles. The molecule has 122 valence electrons. The van der Waals surface area contributed by atoms with Crippen LogP contribution in [0.15, 0.2) is 47.3 Å². The fraction of sp³-hybridized carbons (Fsp3) is 0.176. The first-order valence-corrected chi connectivity index (χ1v) is 8.22. The third-order valence-corrected chi connectivity index (χ3v) is 4.86. The maximum absolute atomic E-state index is 12.4. The van der Waals surface area contributed by atoms with Gasteiger partial charge in [0.15, 0.2) is 11.5 Å². The number of carbonyl (C=O) groups excluding carboxylic acids is 1. The molecule has 0 bridgehead atoms. The lowest BCUT2D eigenvalue weighted by atomic mass is 10.2. The third kappa shape index (κ3) is 2.52. The van der Waals surface area contributed by atoms with Gasteiger partial charge in [0, 0.05) is 12.7 Å². The lowest BCUT2D eigenvalue weighted by molar-refractivity contribution is -0.125. The molecule has 3 aromatic rings. The molecule has 6 nitrogen and oxygen atoms in total. The molecule has 4 rings (SSSR count). The number of fused-ring (bicyclic) bond motifs is 2. The Bertz CT molecular complexity index is 992. The smallest absolute Gasteiger partial charge is 0.307 e. The van der Waals surface area contributed by atoms with Crippen LogP contribution in [-0.4, -0.2) is 23.2 Å². The predicted octanol–water partition coefficient (Wildman–Crippen LogP) is 2.38. The Morgan fingerprint density at radius 3 is 2.88 bits per heavy atom. The second kappa shape index (κ2) is 5.68. The van der Waals surface area contributed by atoms with Gasteiger partial charge in [-0.2, -0.15) is 0 Å². The molecule has 1 aromatic heterocycles. The molecule has 2 heterocycles. The third-order valence-electron chi connectivity index (χ3n) is 3.86. The van der Waals surface area contributed by atoms with Crippen LogP contribution in [0.25, 0.3) is 10.2 Å². The SMILES string of the molecule is Cn1c(=O)sc2cc(NC(=O)C3COc4ccccc4O3)ccc21. The summed E-state index contributed by atoms with van der Waals surface area (Å²) in [5.74, 6) is 0.907. The molecule has 0 saturated heterocycles. The van der Waals surface area contributed by atoms with Crippen LogP contribution < -0.4 is 19.7 Å². The van der Waals surface area contributed by atoms with Gasteiger partial charge >= 0.3 is 4.87 Å². The van der Waals surface area contributed by atoms with E-state index >= 15 is 0 Å². The van der Waals surface area contributed by atoms with Crippen molar-refractivity contribution < 1.29 is 14.3 Å². The van der Waals surface area contributed by atoms with Gasteiger partial charge in [0.25, 0.3) is 5.91 Å². The number of rotatable bonds is 2. The van der Waals surface area contributed by atoms with Gasteiger partial charge in [-0.25, -0.2) is 0 Å². The van der Waals surface area contributed by atoms with Gasteiger partial charge in [-0.15, -0.1) is 0 Å². The van der Waals surface area contributed by atoms with Gasteiger partial charge in [-0.1, -0.05) is 23.5 Å². The van der Waals surface area contributed by atoms with E-state index in [1.165, 1.54) is 0 Å². The monoisotopic (exact) mass is 342 g/mol. The minimum atomic E-state index is -0.717. The Labute approximate surface area is 141 Å². The summed E-state index contributed by atoms with van der Waals surface area (Å²) in [6.07, 6.45) is -0.717. The van der Waals surface area contributed by atoms with Gasteiger partial charge in [0.2, 0.25) is 6.10 Å². The van der Waals surface area contributed by atoms with E-state index in [2.05, 4.69) is 5.32 Å². The lowest BCUT2D eigenvalue weighted by Crippen LogP contribution is -2.40. The molecule has 7 heteroatoms. The molecule has 24 heavy (non-hydrogen) atoms. The Balaban J connectivity index is 1.53. The summed E-state index contributed by atoms with van der Waals surface area (Å²) in [5, 5.41) is 2.81. The minimum absolute atomic E-state index is 0.0332. The highest BCUT2D eigenvalue weighted by Gasteiger charge is 2.27. The van der Waals surface area contributed by atoms with Crippen molar-refractivity contribution in [3.63, 3.8) is 0 Å². The van der Waals surface area contributed by atoms with Crippen molar-refractivity contribution in [2.45, 2.75) is 6.10 Å². The first-order valence-electron chi connectivity index (χ1n) is 7.41. The summed E-state index contributed by atoms with van der Waals surface area (Å²) in [7, 11) is 1.73. The largest absolute Gasteiger partial charge is 0.485 e. The topological polar surface area (TPSA) is 69.6 Å². The van der Waals surface area contributed by atoms with E-state index in [0.717, 1.165) is 21.6 Å². The summed E-state index contributed by atoms with van der Waals surface area (Å²) in [4.78, 5) is 24.1. The van der Waals surface area contributed by atoms with E-state index in [4.69, 9.17) is 9.47 Å². The molecular formula is C17H14N2O4S. The summed E-state index contributed by atoms with van der Waals surface area (Å²) >= 11 is 1.15. The number of ether oxygens (including phenoxy) is 2. The van der Waals surface area contributed by atoms with Crippen molar-refractivity contribution in [3.8, 4) is 11.5 Å². The molecule has 1 N–H and O–H groups in total. The van der Waals surface area contributed by atoms with E-state index in [1.54, 1.807) is 35.9 Å². The van der Waals surface area contributed by atoms with Crippen LogP contribution in [0.4, 0.5) is 5.69 Å². The summed E-state index contributed by atoms with van der Waals surface area (Å²) < 4.78 is 13.7. The number of hydrogen-bond donors (Lipinski definition) is 1. The van der Waals surface area contributed by atoms with Crippen LogP contribution in [-0.2, 0) is 11.8 Å². The number of nitrogens with one attached hydrogen (secondary N) is 1. The molecule has 0 saturated carbocycles. The van der Waals surface area contributed by atoms with Crippen molar-refractivity contribution >= 4 is 33.1 Å². The molecule has 0 spiro atoms. The van der Waals surface area contributed by atoms with E-state index in [-0.39, 0.29) is 17.4 Å². The predicted molar refractivity (Wildman–Crippen MR) is 92.0 cm³/mol. The van der Waals surface area contributed by atoms with Crippen molar-refractivity contribution in [2.24, 2.45) is 7.05 Å². The number of carbonyl (C=O) groups is 1. The molecule has 1 amide bonds. The number of thiazole rings is 1. The van der Waals surface area contributed by atoms with Gasteiger partial charge in [-0.05, 0) is 30.3 Å². The van der Waals surface area contributed by atoms with E-state index < -0.39 is 6.10 Å². The van der Waals surface area contributed by atoms with Gasteiger partial charge in [0.05, 0.1) is 10.2 Å². The maximum atomic E-state index is 12.4. The molecule has 1 atom stereocenters. The van der Waals surface area contributed by atoms with Crippen LogP contribution in [0.2, 0.25) is 0 Å². The quantitative estimate of drug-likeness (QED) is 0.776. The fourth-order valence-electron chi connectivity index (χ4n) is 2.58. The van der Waals surface area contributed by atoms with Crippen molar-refractivity contribution in [3.05, 3.63) is 52.1 Å². The summed E-state index contributed by atoms with van der Waals surface area (Å²) in [6.45, 7) is 0.157. The number of benzene rings is 2. The Morgan fingerprint density at radius 2 is 2.04 bits per heavy atom. The highest BCUT2D eigenvalue weighted by atomic mass is 32.1. The number of hydrogen-bond acceptors (Lipinski definition) is 5. The van der Waals surface area contributed by atoms with Gasteiger partial charge < -0.3 is 19.4 Å². The zero-order valence-corrected chi connectivity index (χ0v) is 13.6. The van der Waals surface area contributed by atoms with Crippen LogP contribution in [0, 0.1) is 0 Å². The Hall–Kier alpha value is -2.80.